The summed E-state index contributed by atoms with van der Waals surface area (Å²) >= 11 is 0. The maximum absolute atomic E-state index is 12.7. The Hall–Kier alpha value is -2.45. The van der Waals surface area contributed by atoms with E-state index in [1.165, 1.54) is 12.1 Å². The smallest absolute Gasteiger partial charge is 0.496 e. The molecule has 0 fully saturated rings. The van der Waals surface area contributed by atoms with E-state index in [2.05, 4.69) is 9.72 Å². The van der Waals surface area contributed by atoms with Gasteiger partial charge in [0.15, 0.2) is 0 Å². The van der Waals surface area contributed by atoms with Crippen molar-refractivity contribution in [3.63, 3.8) is 0 Å². The van der Waals surface area contributed by atoms with E-state index < -0.39 is 29.6 Å². The highest BCUT2D eigenvalue weighted by Crippen LogP contribution is 2.37. The summed E-state index contributed by atoms with van der Waals surface area (Å²) in [4.78, 5) is 3.67. The van der Waals surface area contributed by atoms with Crippen molar-refractivity contribution in [2.75, 3.05) is 7.11 Å². The van der Waals surface area contributed by atoms with Crippen molar-refractivity contribution in [2.24, 2.45) is 0 Å². The first-order chi connectivity index (χ1) is 10.6. The number of nitrogens with zero attached hydrogens (tertiary/aromatic N) is 1. The maximum Gasteiger partial charge on any atom is 0.573 e. The number of halogens is 6. The molecule has 0 saturated heterocycles. The van der Waals surface area contributed by atoms with Crippen molar-refractivity contribution >= 4 is 0 Å². The summed E-state index contributed by atoms with van der Waals surface area (Å²) in [5.41, 5.74) is -0.610. The molecule has 0 amide bonds. The van der Waals surface area contributed by atoms with Gasteiger partial charge in [-0.2, -0.15) is 13.2 Å². The number of hydrogen-bond acceptors (Lipinski definition) is 3. The molecule has 1 aromatic carbocycles. The fraction of sp³-hybridized carbons (Fsp3) is 0.214. The fourth-order valence-corrected chi connectivity index (χ4v) is 1.80. The number of alkyl halides is 6. The van der Waals surface area contributed by atoms with E-state index in [0.717, 1.165) is 25.3 Å². The zero-order valence-corrected chi connectivity index (χ0v) is 11.5. The molecule has 0 aliphatic rings. The van der Waals surface area contributed by atoms with E-state index in [1.54, 1.807) is 0 Å². The molecular weight excluding hydrogens is 328 g/mol. The highest BCUT2D eigenvalue weighted by Gasteiger charge is 2.35. The molecular formula is C14H9F6NO2. The van der Waals surface area contributed by atoms with Crippen LogP contribution in [0.5, 0.6) is 11.5 Å². The molecule has 124 valence electrons. The summed E-state index contributed by atoms with van der Waals surface area (Å²) in [6.45, 7) is 0. The Balaban J connectivity index is 2.32. The van der Waals surface area contributed by atoms with Crippen LogP contribution in [0.15, 0.2) is 36.5 Å². The largest absolute Gasteiger partial charge is 0.573 e. The molecule has 23 heavy (non-hydrogen) atoms. The molecule has 2 rings (SSSR count). The highest BCUT2D eigenvalue weighted by atomic mass is 19.4. The van der Waals surface area contributed by atoms with Crippen LogP contribution in [0, 0.1) is 0 Å². The van der Waals surface area contributed by atoms with Gasteiger partial charge in [0.05, 0.1) is 12.8 Å². The Labute approximate surface area is 126 Å². The normalized spacial score (nSPS) is 12.1. The van der Waals surface area contributed by atoms with Gasteiger partial charge in [0, 0.05) is 17.8 Å². The van der Waals surface area contributed by atoms with Crippen LogP contribution in [0.2, 0.25) is 0 Å². The maximum atomic E-state index is 12.7. The first kappa shape index (κ1) is 16.9. The summed E-state index contributed by atoms with van der Waals surface area (Å²) in [7, 11) is 1.08. The van der Waals surface area contributed by atoms with Gasteiger partial charge in [0.2, 0.25) is 0 Å². The molecule has 9 heteroatoms. The van der Waals surface area contributed by atoms with E-state index in [-0.39, 0.29) is 5.69 Å². The molecule has 0 bridgehead atoms. The van der Waals surface area contributed by atoms with Crippen molar-refractivity contribution in [1.29, 1.82) is 0 Å². The molecule has 0 aliphatic carbocycles. The highest BCUT2D eigenvalue weighted by molar-refractivity contribution is 5.62. The lowest BCUT2D eigenvalue weighted by Crippen LogP contribution is -2.16. The van der Waals surface area contributed by atoms with Gasteiger partial charge in [-0.3, -0.25) is 4.98 Å². The minimum atomic E-state index is -4.82. The molecule has 0 radical (unpaired) electrons. The number of aromatic nitrogens is 1. The Morgan fingerprint density at radius 1 is 0.957 bits per heavy atom. The Morgan fingerprint density at radius 3 is 2.04 bits per heavy atom. The van der Waals surface area contributed by atoms with Crippen LogP contribution in [0.4, 0.5) is 26.3 Å². The molecule has 0 aliphatic heterocycles. The molecule has 2 aromatic rings. The van der Waals surface area contributed by atoms with Gasteiger partial charge in [-0.15, -0.1) is 13.2 Å². The molecule has 0 saturated carbocycles. The Kier molecular flexibility index (Phi) is 4.39. The molecule has 1 heterocycles. The van der Waals surface area contributed by atoms with Gasteiger partial charge in [0.25, 0.3) is 0 Å². The monoisotopic (exact) mass is 337 g/mol. The summed E-state index contributed by atoms with van der Waals surface area (Å²) in [6.07, 6.45) is -8.84. The van der Waals surface area contributed by atoms with E-state index in [1.807, 2.05) is 0 Å². The lowest BCUT2D eigenvalue weighted by molar-refractivity contribution is -0.274. The van der Waals surface area contributed by atoms with Crippen molar-refractivity contribution < 1.29 is 35.8 Å². The zero-order chi connectivity index (χ0) is 17.3. The number of benzene rings is 1. The van der Waals surface area contributed by atoms with Crippen LogP contribution in [0.1, 0.15) is 5.56 Å². The number of rotatable bonds is 3. The quantitative estimate of drug-likeness (QED) is 0.763. The van der Waals surface area contributed by atoms with Gasteiger partial charge in [-0.05, 0) is 24.3 Å². The first-order valence-corrected chi connectivity index (χ1v) is 6.07. The summed E-state index contributed by atoms with van der Waals surface area (Å²) in [5.74, 6) is -0.877. The average molecular weight is 337 g/mol. The number of methoxy groups -OCH3 is 1. The lowest BCUT2D eigenvalue weighted by Gasteiger charge is -2.13. The second-order valence-electron chi connectivity index (χ2n) is 4.34. The predicted molar refractivity (Wildman–Crippen MR) is 67.9 cm³/mol. The van der Waals surface area contributed by atoms with Gasteiger partial charge in [-0.25, -0.2) is 0 Å². The van der Waals surface area contributed by atoms with Crippen LogP contribution in [0.3, 0.4) is 0 Å². The Morgan fingerprint density at radius 2 is 1.57 bits per heavy atom. The van der Waals surface area contributed by atoms with Crippen molar-refractivity contribution in [2.45, 2.75) is 12.5 Å². The van der Waals surface area contributed by atoms with Crippen LogP contribution in [-0.4, -0.2) is 18.5 Å². The van der Waals surface area contributed by atoms with Crippen LogP contribution >= 0.6 is 0 Å². The third kappa shape index (κ3) is 4.27. The minimum absolute atomic E-state index is 0.119. The van der Waals surface area contributed by atoms with Gasteiger partial charge in [0.1, 0.15) is 17.1 Å². The second kappa shape index (κ2) is 5.98. The van der Waals surface area contributed by atoms with E-state index in [9.17, 15) is 26.3 Å². The summed E-state index contributed by atoms with van der Waals surface area (Å²) < 4.78 is 82.8. The molecule has 1 aromatic heterocycles. The van der Waals surface area contributed by atoms with Crippen LogP contribution < -0.4 is 9.47 Å². The van der Waals surface area contributed by atoms with E-state index in [0.29, 0.717) is 11.8 Å². The number of hydrogen-bond donors (Lipinski definition) is 0. The molecule has 0 spiro atoms. The van der Waals surface area contributed by atoms with Crippen LogP contribution in [0.25, 0.3) is 11.3 Å². The molecule has 3 nitrogen and oxygen atoms in total. The summed E-state index contributed by atoms with van der Waals surface area (Å²) in [5, 5.41) is 0. The van der Waals surface area contributed by atoms with E-state index >= 15 is 0 Å². The average Bonchev–Trinajstić information content (AvgIpc) is 2.44. The van der Waals surface area contributed by atoms with Crippen LogP contribution in [-0.2, 0) is 6.18 Å². The third-order valence-corrected chi connectivity index (χ3v) is 2.77. The SMILES string of the molecule is COc1cc(-c2ccc(OC(F)(F)F)cc2)ncc1C(F)(F)F. The summed E-state index contributed by atoms with van der Waals surface area (Å²) in [6, 6.07) is 5.62. The minimum Gasteiger partial charge on any atom is -0.496 e. The van der Waals surface area contributed by atoms with Gasteiger partial charge < -0.3 is 9.47 Å². The second-order valence-corrected chi connectivity index (χ2v) is 4.34. The predicted octanol–water partition coefficient (Wildman–Crippen LogP) is 4.67. The standard InChI is InChI=1S/C14H9F6NO2/c1-22-12-6-11(21-7-10(12)13(15,16)17)8-2-4-9(5-3-8)23-14(18,19)20/h2-7H,1H3. The lowest BCUT2D eigenvalue weighted by atomic mass is 10.1. The van der Waals surface area contributed by atoms with Gasteiger partial charge >= 0.3 is 12.5 Å². The van der Waals surface area contributed by atoms with Gasteiger partial charge in [-0.1, -0.05) is 0 Å². The Bertz CT molecular complexity index is 679. The number of pyridine rings is 1. The van der Waals surface area contributed by atoms with E-state index in [4.69, 9.17) is 4.74 Å². The fourth-order valence-electron chi connectivity index (χ4n) is 1.80. The molecule has 0 N–H and O–H groups in total. The molecule has 0 unspecified atom stereocenters. The van der Waals surface area contributed by atoms with Crippen molar-refractivity contribution in [3.05, 3.63) is 42.1 Å². The first-order valence-electron chi connectivity index (χ1n) is 6.07. The molecule has 0 atom stereocenters. The van der Waals surface area contributed by atoms with Crippen molar-refractivity contribution in [3.8, 4) is 22.8 Å². The zero-order valence-electron chi connectivity index (χ0n) is 11.5. The number of ether oxygens (including phenoxy) is 2. The van der Waals surface area contributed by atoms with Crippen molar-refractivity contribution in [1.82, 2.24) is 4.98 Å². The topological polar surface area (TPSA) is 31.4 Å². The third-order valence-electron chi connectivity index (χ3n) is 2.77.